The first-order valence-corrected chi connectivity index (χ1v) is 10.3. The van der Waals surface area contributed by atoms with Crippen molar-refractivity contribution in [3.63, 3.8) is 0 Å². The van der Waals surface area contributed by atoms with Crippen LogP contribution in [-0.4, -0.2) is 9.78 Å². The lowest BCUT2D eigenvalue weighted by Crippen LogP contribution is -2.14. The van der Waals surface area contributed by atoms with Crippen molar-refractivity contribution in [2.45, 2.75) is 44.2 Å². The normalized spacial score (nSPS) is 19.3. The second-order valence-corrected chi connectivity index (χ2v) is 8.06. The molecule has 0 atom stereocenters. The van der Waals surface area contributed by atoms with Crippen LogP contribution in [0.5, 0.6) is 0 Å². The Kier molecular flexibility index (Phi) is 5.96. The number of anilines is 1. The van der Waals surface area contributed by atoms with E-state index in [4.69, 9.17) is 28.2 Å². The van der Waals surface area contributed by atoms with Crippen LogP contribution in [-0.2, 0) is 6.67 Å². The van der Waals surface area contributed by atoms with Gasteiger partial charge in [0.2, 0.25) is 5.89 Å². The smallest absolute Gasteiger partial charge is 0.288 e. The summed E-state index contributed by atoms with van der Waals surface area (Å²) in [4.78, 5) is 0.259. The Morgan fingerprint density at radius 1 is 1.03 bits per heavy atom. The van der Waals surface area contributed by atoms with Crippen molar-refractivity contribution in [3.8, 4) is 0 Å². The highest BCUT2D eigenvalue weighted by molar-refractivity contribution is 7.71. The third-order valence-corrected chi connectivity index (χ3v) is 5.94. The molecule has 0 amide bonds. The fourth-order valence-corrected chi connectivity index (χ4v) is 4.08. The molecular formula is C21H20ClF2N3OS. The third kappa shape index (κ3) is 4.67. The molecule has 0 saturated heterocycles. The topological polar surface area (TPSA) is 43.0 Å². The van der Waals surface area contributed by atoms with Crippen molar-refractivity contribution < 1.29 is 13.2 Å². The van der Waals surface area contributed by atoms with Crippen molar-refractivity contribution in [2.24, 2.45) is 0 Å². The fourth-order valence-electron chi connectivity index (χ4n) is 3.77. The number of hydrogen-bond donors (Lipinski definition) is 1. The van der Waals surface area contributed by atoms with Gasteiger partial charge in [-0.15, -0.1) is 5.10 Å². The zero-order chi connectivity index (χ0) is 20.4. The Balaban J connectivity index is 1.37. The maximum absolute atomic E-state index is 13.3. The van der Waals surface area contributed by atoms with E-state index in [1.807, 2.05) is 12.1 Å². The predicted molar refractivity (Wildman–Crippen MR) is 111 cm³/mol. The van der Waals surface area contributed by atoms with E-state index in [1.54, 1.807) is 0 Å². The first-order valence-electron chi connectivity index (χ1n) is 9.52. The van der Waals surface area contributed by atoms with Gasteiger partial charge in [-0.25, -0.2) is 13.5 Å². The van der Waals surface area contributed by atoms with Crippen LogP contribution >= 0.6 is 23.8 Å². The van der Waals surface area contributed by atoms with Gasteiger partial charge in [-0.1, -0.05) is 23.7 Å². The standard InChI is InChI=1S/C21H20ClF2N3OS/c22-16-7-5-14(6-8-16)13-1-3-15(4-2-13)20-26-27(21(29)28-20)12-25-17-9-10-18(23)19(24)11-17/h5-11,13,15,25H,1-4,12H2. The largest absolute Gasteiger partial charge is 0.414 e. The summed E-state index contributed by atoms with van der Waals surface area (Å²) in [5, 5.41) is 8.22. The third-order valence-electron chi connectivity index (χ3n) is 5.39. The summed E-state index contributed by atoms with van der Waals surface area (Å²) in [6.45, 7) is 0.216. The molecule has 3 aromatic rings. The lowest BCUT2D eigenvalue weighted by atomic mass is 9.79. The minimum atomic E-state index is -0.906. The molecule has 4 nitrogen and oxygen atoms in total. The zero-order valence-corrected chi connectivity index (χ0v) is 17.1. The van der Waals surface area contributed by atoms with Crippen LogP contribution in [0.3, 0.4) is 0 Å². The number of aromatic nitrogens is 2. The summed E-state index contributed by atoms with van der Waals surface area (Å²) in [5.74, 6) is -0.410. The fraction of sp³-hybridized carbons (Fsp3) is 0.333. The molecule has 1 N–H and O–H groups in total. The highest BCUT2D eigenvalue weighted by Gasteiger charge is 2.27. The van der Waals surface area contributed by atoms with E-state index in [0.717, 1.165) is 42.8 Å². The Morgan fingerprint density at radius 2 is 1.72 bits per heavy atom. The minimum absolute atomic E-state index is 0.216. The molecule has 1 aromatic heterocycles. The van der Waals surface area contributed by atoms with Crippen LogP contribution in [0.4, 0.5) is 14.5 Å². The molecule has 29 heavy (non-hydrogen) atoms. The SMILES string of the molecule is Fc1ccc(NCn2nc(C3CCC(c4ccc(Cl)cc4)CC3)oc2=S)cc1F. The quantitative estimate of drug-likeness (QED) is 0.456. The zero-order valence-electron chi connectivity index (χ0n) is 15.6. The van der Waals surface area contributed by atoms with E-state index >= 15 is 0 Å². The average molecular weight is 436 g/mol. The van der Waals surface area contributed by atoms with Crippen LogP contribution in [0.15, 0.2) is 46.9 Å². The van der Waals surface area contributed by atoms with Gasteiger partial charge in [-0.2, -0.15) is 0 Å². The van der Waals surface area contributed by atoms with Gasteiger partial charge in [0.1, 0.15) is 6.67 Å². The summed E-state index contributed by atoms with van der Waals surface area (Å²) < 4.78 is 33.6. The van der Waals surface area contributed by atoms with Crippen LogP contribution in [0, 0.1) is 16.5 Å². The first-order chi connectivity index (χ1) is 14.0. The van der Waals surface area contributed by atoms with Gasteiger partial charge in [-0.3, -0.25) is 0 Å². The van der Waals surface area contributed by atoms with Gasteiger partial charge >= 0.3 is 0 Å². The summed E-state index contributed by atoms with van der Waals surface area (Å²) in [5.41, 5.74) is 1.76. The average Bonchev–Trinajstić information content (AvgIpc) is 3.10. The molecule has 0 radical (unpaired) electrons. The molecule has 8 heteroatoms. The summed E-state index contributed by atoms with van der Waals surface area (Å²) in [6, 6.07) is 11.7. The molecule has 0 unspecified atom stereocenters. The monoisotopic (exact) mass is 435 g/mol. The Hall–Kier alpha value is -2.25. The van der Waals surface area contributed by atoms with E-state index < -0.39 is 11.6 Å². The van der Waals surface area contributed by atoms with Crippen molar-refractivity contribution in [1.29, 1.82) is 0 Å². The first kappa shape index (κ1) is 20.0. The number of rotatable bonds is 5. The molecule has 2 aromatic carbocycles. The van der Waals surface area contributed by atoms with Crippen molar-refractivity contribution in [1.82, 2.24) is 9.78 Å². The molecule has 152 valence electrons. The maximum Gasteiger partial charge on any atom is 0.288 e. The summed E-state index contributed by atoms with van der Waals surface area (Å²) >= 11 is 11.2. The molecule has 0 spiro atoms. The van der Waals surface area contributed by atoms with Crippen molar-refractivity contribution in [2.75, 3.05) is 5.32 Å². The van der Waals surface area contributed by atoms with Crippen LogP contribution in [0.2, 0.25) is 5.02 Å². The van der Waals surface area contributed by atoms with E-state index in [2.05, 4.69) is 22.5 Å². The van der Waals surface area contributed by atoms with E-state index in [-0.39, 0.29) is 17.4 Å². The van der Waals surface area contributed by atoms with Gasteiger partial charge in [0.05, 0.1) is 0 Å². The number of nitrogens with zero attached hydrogens (tertiary/aromatic N) is 2. The molecular weight excluding hydrogens is 416 g/mol. The molecule has 1 saturated carbocycles. The number of hydrogen-bond acceptors (Lipinski definition) is 4. The second kappa shape index (κ2) is 8.63. The van der Waals surface area contributed by atoms with E-state index in [9.17, 15) is 8.78 Å². The lowest BCUT2D eigenvalue weighted by molar-refractivity contribution is 0.336. The van der Waals surface area contributed by atoms with Gasteiger partial charge in [0, 0.05) is 22.7 Å². The summed E-state index contributed by atoms with van der Waals surface area (Å²) in [7, 11) is 0. The van der Waals surface area contributed by atoms with Gasteiger partial charge in [0.15, 0.2) is 11.6 Å². The molecule has 0 aliphatic heterocycles. The Bertz CT molecular complexity index is 1040. The van der Waals surface area contributed by atoms with Crippen molar-refractivity contribution >= 4 is 29.5 Å². The van der Waals surface area contributed by atoms with Gasteiger partial charge in [-0.05, 0) is 73.6 Å². The molecule has 0 bridgehead atoms. The van der Waals surface area contributed by atoms with E-state index in [1.165, 1.54) is 16.3 Å². The molecule has 1 fully saturated rings. The highest BCUT2D eigenvalue weighted by Crippen LogP contribution is 2.40. The maximum atomic E-state index is 13.3. The minimum Gasteiger partial charge on any atom is -0.414 e. The summed E-state index contributed by atoms with van der Waals surface area (Å²) in [6.07, 6.45) is 4.04. The molecule has 4 rings (SSSR count). The molecule has 1 aliphatic carbocycles. The lowest BCUT2D eigenvalue weighted by Gasteiger charge is -2.26. The van der Waals surface area contributed by atoms with Crippen LogP contribution in [0.25, 0.3) is 0 Å². The van der Waals surface area contributed by atoms with Crippen LogP contribution < -0.4 is 5.32 Å². The Labute approximate surface area is 177 Å². The number of benzene rings is 2. The second-order valence-electron chi connectivity index (χ2n) is 7.27. The van der Waals surface area contributed by atoms with Crippen molar-refractivity contribution in [3.05, 3.63) is 75.4 Å². The molecule has 1 heterocycles. The van der Waals surface area contributed by atoms with E-state index in [0.29, 0.717) is 17.5 Å². The number of nitrogens with one attached hydrogen (secondary N) is 1. The predicted octanol–water partition coefficient (Wildman–Crippen LogP) is 6.65. The van der Waals surface area contributed by atoms with Gasteiger partial charge < -0.3 is 9.73 Å². The molecule has 1 aliphatic rings. The highest BCUT2D eigenvalue weighted by atomic mass is 35.5. The van der Waals surface area contributed by atoms with Crippen LogP contribution in [0.1, 0.15) is 49.0 Å². The Morgan fingerprint density at radius 3 is 2.41 bits per heavy atom. The number of halogens is 3. The van der Waals surface area contributed by atoms with Gasteiger partial charge in [0.25, 0.3) is 4.84 Å².